The first-order chi connectivity index (χ1) is 11.9. The Morgan fingerprint density at radius 1 is 1.28 bits per heavy atom. The summed E-state index contributed by atoms with van der Waals surface area (Å²) in [4.78, 5) is 37.3. The second-order valence-electron chi connectivity index (χ2n) is 5.40. The second-order valence-corrected chi connectivity index (χ2v) is 5.81. The molecule has 7 nitrogen and oxygen atoms in total. The molecular weight excluding hydrogens is 348 g/mol. The molecule has 1 aromatic rings. The average Bonchev–Trinajstić information content (AvgIpc) is 2.55. The predicted octanol–water partition coefficient (Wildman–Crippen LogP) is 2.71. The SMILES string of the molecule is CCCCN1C(=O)NC(=O)C(=Cc2cc(Cl)c(OCC)cc2O)C1=O. The number of phenols is 1. The standard InChI is InChI=1S/C17H19ClN2O5/c1-3-5-6-20-16(23)11(15(22)19-17(20)24)7-10-8-12(18)14(25-4-2)9-13(10)21/h7-9,21H,3-6H2,1-2H3,(H,19,22,24). The van der Waals surface area contributed by atoms with Gasteiger partial charge in [-0.2, -0.15) is 0 Å². The van der Waals surface area contributed by atoms with Gasteiger partial charge in [-0.05, 0) is 25.5 Å². The maximum atomic E-state index is 12.5. The molecule has 0 spiro atoms. The average molecular weight is 367 g/mol. The minimum Gasteiger partial charge on any atom is -0.507 e. The van der Waals surface area contributed by atoms with Gasteiger partial charge in [-0.25, -0.2) is 4.79 Å². The number of ether oxygens (including phenoxy) is 1. The lowest BCUT2D eigenvalue weighted by Crippen LogP contribution is -2.54. The number of unbranched alkanes of at least 4 members (excludes halogenated alkanes) is 1. The van der Waals surface area contributed by atoms with Gasteiger partial charge in [-0.15, -0.1) is 0 Å². The normalized spacial score (nSPS) is 16.4. The number of halogens is 1. The highest BCUT2D eigenvalue weighted by molar-refractivity contribution is 6.33. The fourth-order valence-corrected chi connectivity index (χ4v) is 2.54. The van der Waals surface area contributed by atoms with Crippen molar-refractivity contribution in [2.75, 3.05) is 13.2 Å². The van der Waals surface area contributed by atoms with Crippen molar-refractivity contribution >= 4 is 35.5 Å². The van der Waals surface area contributed by atoms with Crippen LogP contribution in [-0.4, -0.2) is 41.0 Å². The Bertz CT molecular complexity index is 745. The molecule has 1 aromatic carbocycles. The molecule has 2 N–H and O–H groups in total. The Labute approximate surface area is 150 Å². The number of nitrogens with one attached hydrogen (secondary N) is 1. The fourth-order valence-electron chi connectivity index (χ4n) is 2.31. The summed E-state index contributed by atoms with van der Waals surface area (Å²) in [6.45, 7) is 4.28. The first-order valence-electron chi connectivity index (χ1n) is 7.93. The van der Waals surface area contributed by atoms with Crippen molar-refractivity contribution in [2.45, 2.75) is 26.7 Å². The number of aromatic hydroxyl groups is 1. The Balaban J connectivity index is 2.38. The number of phenolic OH excluding ortho intramolecular Hbond substituents is 1. The zero-order valence-corrected chi connectivity index (χ0v) is 14.7. The van der Waals surface area contributed by atoms with Gasteiger partial charge in [0.05, 0.1) is 11.6 Å². The molecule has 1 aliphatic rings. The minimum absolute atomic E-state index is 0.178. The Hall–Kier alpha value is -2.54. The lowest BCUT2D eigenvalue weighted by atomic mass is 10.1. The van der Waals surface area contributed by atoms with E-state index in [9.17, 15) is 19.5 Å². The fraction of sp³-hybridized carbons (Fsp3) is 0.353. The Morgan fingerprint density at radius 2 is 2.00 bits per heavy atom. The molecule has 8 heteroatoms. The van der Waals surface area contributed by atoms with Crippen molar-refractivity contribution in [3.63, 3.8) is 0 Å². The summed E-state index contributed by atoms with van der Waals surface area (Å²) in [5.74, 6) is -1.42. The zero-order chi connectivity index (χ0) is 18.6. The maximum absolute atomic E-state index is 12.5. The third kappa shape index (κ3) is 4.11. The first kappa shape index (κ1) is 18.8. The summed E-state index contributed by atoms with van der Waals surface area (Å²) < 4.78 is 5.27. The molecule has 0 saturated carbocycles. The van der Waals surface area contributed by atoms with Crippen molar-refractivity contribution in [1.82, 2.24) is 10.2 Å². The number of carbonyl (C=O) groups excluding carboxylic acids is 3. The lowest BCUT2D eigenvalue weighted by Gasteiger charge is -2.26. The molecule has 1 saturated heterocycles. The van der Waals surface area contributed by atoms with Crippen LogP contribution in [-0.2, 0) is 9.59 Å². The van der Waals surface area contributed by atoms with Gasteiger partial charge in [-0.3, -0.25) is 19.8 Å². The largest absolute Gasteiger partial charge is 0.507 e. The van der Waals surface area contributed by atoms with E-state index in [2.05, 4.69) is 5.32 Å². The van der Waals surface area contributed by atoms with Crippen LogP contribution < -0.4 is 10.1 Å². The molecule has 2 rings (SSSR count). The smallest absolute Gasteiger partial charge is 0.331 e. The first-order valence-corrected chi connectivity index (χ1v) is 8.31. The number of carbonyl (C=O) groups is 3. The van der Waals surface area contributed by atoms with E-state index in [1.807, 2.05) is 6.92 Å². The van der Waals surface area contributed by atoms with Crippen LogP contribution in [0.2, 0.25) is 5.02 Å². The van der Waals surface area contributed by atoms with Crippen molar-refractivity contribution in [3.8, 4) is 11.5 Å². The van der Waals surface area contributed by atoms with Gasteiger partial charge in [0, 0.05) is 18.2 Å². The molecule has 1 fully saturated rings. The van der Waals surface area contributed by atoms with Crippen LogP contribution >= 0.6 is 11.6 Å². The highest BCUT2D eigenvalue weighted by atomic mass is 35.5. The number of rotatable bonds is 6. The van der Waals surface area contributed by atoms with Gasteiger partial charge in [0.2, 0.25) is 0 Å². The zero-order valence-electron chi connectivity index (χ0n) is 14.0. The van der Waals surface area contributed by atoms with Crippen LogP contribution in [0.25, 0.3) is 6.08 Å². The van der Waals surface area contributed by atoms with E-state index in [0.717, 1.165) is 11.3 Å². The predicted molar refractivity (Wildman–Crippen MR) is 92.4 cm³/mol. The van der Waals surface area contributed by atoms with Gasteiger partial charge in [0.25, 0.3) is 11.8 Å². The molecule has 134 valence electrons. The highest BCUT2D eigenvalue weighted by Gasteiger charge is 2.35. The lowest BCUT2D eigenvalue weighted by molar-refractivity contribution is -0.130. The molecule has 1 heterocycles. The Kier molecular flexibility index (Phi) is 6.03. The van der Waals surface area contributed by atoms with Crippen molar-refractivity contribution in [3.05, 3.63) is 28.3 Å². The van der Waals surface area contributed by atoms with E-state index in [1.54, 1.807) is 6.92 Å². The second kappa shape index (κ2) is 8.02. The van der Waals surface area contributed by atoms with Crippen molar-refractivity contribution < 1.29 is 24.2 Å². The molecule has 25 heavy (non-hydrogen) atoms. The number of amides is 4. The van der Waals surface area contributed by atoms with Crippen LogP contribution in [0.3, 0.4) is 0 Å². The van der Waals surface area contributed by atoms with Gasteiger partial charge in [0.1, 0.15) is 17.1 Å². The van der Waals surface area contributed by atoms with Crippen LogP contribution in [0, 0.1) is 0 Å². The minimum atomic E-state index is -0.813. The van der Waals surface area contributed by atoms with Crippen LogP contribution in [0.15, 0.2) is 17.7 Å². The number of barbiturate groups is 1. The van der Waals surface area contributed by atoms with Crippen LogP contribution in [0.1, 0.15) is 32.3 Å². The van der Waals surface area contributed by atoms with Crippen LogP contribution in [0.5, 0.6) is 11.5 Å². The number of benzene rings is 1. The molecule has 0 atom stereocenters. The van der Waals surface area contributed by atoms with E-state index in [4.69, 9.17) is 16.3 Å². The van der Waals surface area contributed by atoms with E-state index >= 15 is 0 Å². The number of hydrogen-bond donors (Lipinski definition) is 2. The molecule has 4 amide bonds. The van der Waals surface area contributed by atoms with Gasteiger partial charge in [0.15, 0.2) is 0 Å². The quantitative estimate of drug-likeness (QED) is 0.596. The summed E-state index contributed by atoms with van der Waals surface area (Å²) in [6.07, 6.45) is 2.63. The molecule has 0 unspecified atom stereocenters. The van der Waals surface area contributed by atoms with Crippen molar-refractivity contribution in [1.29, 1.82) is 0 Å². The number of urea groups is 1. The summed E-state index contributed by atoms with van der Waals surface area (Å²) >= 11 is 6.08. The van der Waals surface area contributed by atoms with Crippen molar-refractivity contribution in [2.24, 2.45) is 0 Å². The molecule has 0 bridgehead atoms. The summed E-state index contributed by atoms with van der Waals surface area (Å²) in [6, 6.07) is 1.96. The third-order valence-electron chi connectivity index (χ3n) is 3.60. The van der Waals surface area contributed by atoms with Gasteiger partial charge in [-0.1, -0.05) is 24.9 Å². The summed E-state index contributed by atoms with van der Waals surface area (Å²) in [5, 5.41) is 12.5. The molecule has 0 aliphatic carbocycles. The topological polar surface area (TPSA) is 95.9 Å². The number of imide groups is 2. The monoisotopic (exact) mass is 366 g/mol. The Morgan fingerprint density at radius 3 is 2.64 bits per heavy atom. The molecular formula is C17H19ClN2O5. The van der Waals surface area contributed by atoms with E-state index in [1.165, 1.54) is 18.2 Å². The maximum Gasteiger partial charge on any atom is 0.331 e. The van der Waals surface area contributed by atoms with E-state index in [-0.39, 0.29) is 28.5 Å². The van der Waals surface area contributed by atoms with Gasteiger partial charge >= 0.3 is 6.03 Å². The summed E-state index contributed by atoms with van der Waals surface area (Å²) in [5.41, 5.74) is -0.0667. The number of nitrogens with zero attached hydrogens (tertiary/aromatic N) is 1. The third-order valence-corrected chi connectivity index (χ3v) is 3.90. The number of hydrogen-bond acceptors (Lipinski definition) is 5. The summed E-state index contributed by atoms with van der Waals surface area (Å²) in [7, 11) is 0. The van der Waals surface area contributed by atoms with Gasteiger partial charge < -0.3 is 9.84 Å². The molecule has 0 radical (unpaired) electrons. The molecule has 0 aromatic heterocycles. The van der Waals surface area contributed by atoms with E-state index in [0.29, 0.717) is 18.8 Å². The van der Waals surface area contributed by atoms with E-state index < -0.39 is 17.8 Å². The van der Waals surface area contributed by atoms with Crippen LogP contribution in [0.4, 0.5) is 4.79 Å². The highest BCUT2D eigenvalue weighted by Crippen LogP contribution is 2.33. The molecule has 1 aliphatic heterocycles.